The molecule has 1 atom stereocenters. The van der Waals surface area contributed by atoms with Crippen LogP contribution in [0, 0.1) is 6.92 Å². The van der Waals surface area contributed by atoms with Gasteiger partial charge in [-0.2, -0.15) is 13.2 Å². The first kappa shape index (κ1) is 15.9. The van der Waals surface area contributed by atoms with Gasteiger partial charge in [-0.25, -0.2) is 14.6 Å². The van der Waals surface area contributed by atoms with Crippen LogP contribution in [0.3, 0.4) is 0 Å². The molecular formula is C15H15F3N6O. The van der Waals surface area contributed by atoms with Gasteiger partial charge in [-0.1, -0.05) is 0 Å². The van der Waals surface area contributed by atoms with Gasteiger partial charge in [0.25, 0.3) is 0 Å². The summed E-state index contributed by atoms with van der Waals surface area (Å²) in [5, 5.41) is 7.20. The number of fused-ring (bicyclic) bond motifs is 1. The number of furan rings is 1. The number of nitrogens with one attached hydrogen (secondary N) is 2. The smallest absolute Gasteiger partial charge is 0.408 e. The van der Waals surface area contributed by atoms with E-state index in [9.17, 15) is 13.2 Å². The summed E-state index contributed by atoms with van der Waals surface area (Å²) in [5.74, 6) is 1.25. The lowest BCUT2D eigenvalue weighted by Crippen LogP contribution is -2.34. The van der Waals surface area contributed by atoms with Crippen molar-refractivity contribution in [1.82, 2.24) is 30.0 Å². The quantitative estimate of drug-likeness (QED) is 0.756. The average Bonchev–Trinajstić information content (AvgIpc) is 3.24. The standard InChI is InChI=1S/C15H15F3N6O/c1-8-2-3-10(25-8)13-22-14(24(23-13)6-15(16,17)18)12-11-9(4-5-19-12)20-7-21-11/h2-3,7,12,19H,4-6H2,1H3,(H,20,21)/t12-/m0/s1. The SMILES string of the molecule is Cc1ccc(-c2nc([C@H]3NCCc4[nH]cnc43)n(CC(F)(F)F)n2)o1. The molecule has 4 heterocycles. The lowest BCUT2D eigenvalue weighted by molar-refractivity contribution is -0.143. The minimum atomic E-state index is -4.41. The highest BCUT2D eigenvalue weighted by Gasteiger charge is 2.35. The molecule has 0 unspecified atom stereocenters. The van der Waals surface area contributed by atoms with Crippen LogP contribution in [0.4, 0.5) is 13.2 Å². The minimum absolute atomic E-state index is 0.122. The van der Waals surface area contributed by atoms with Gasteiger partial charge in [0.1, 0.15) is 18.3 Å². The monoisotopic (exact) mass is 352 g/mol. The lowest BCUT2D eigenvalue weighted by atomic mass is 10.1. The number of nitrogens with zero attached hydrogens (tertiary/aromatic N) is 4. The zero-order chi connectivity index (χ0) is 17.6. The van der Waals surface area contributed by atoms with Gasteiger partial charge < -0.3 is 14.7 Å². The molecule has 0 radical (unpaired) electrons. The van der Waals surface area contributed by atoms with Crippen LogP contribution in [0.25, 0.3) is 11.6 Å². The average molecular weight is 352 g/mol. The number of imidazole rings is 1. The second kappa shape index (κ2) is 5.73. The summed E-state index contributed by atoms with van der Waals surface area (Å²) in [6, 6.07) is 2.79. The third kappa shape index (κ3) is 3.04. The van der Waals surface area contributed by atoms with E-state index < -0.39 is 18.8 Å². The number of aromatic amines is 1. The molecule has 0 amide bonds. The predicted molar refractivity (Wildman–Crippen MR) is 80.7 cm³/mol. The number of aromatic nitrogens is 5. The van der Waals surface area contributed by atoms with E-state index in [1.807, 2.05) is 0 Å². The largest absolute Gasteiger partial charge is 0.458 e. The van der Waals surface area contributed by atoms with E-state index in [0.717, 1.165) is 16.8 Å². The Kier molecular flexibility index (Phi) is 3.64. The lowest BCUT2D eigenvalue weighted by Gasteiger charge is -2.22. The summed E-state index contributed by atoms with van der Waals surface area (Å²) < 4.78 is 45.3. The topological polar surface area (TPSA) is 84.6 Å². The third-order valence-electron chi connectivity index (χ3n) is 4.00. The highest BCUT2D eigenvalue weighted by atomic mass is 19.4. The van der Waals surface area contributed by atoms with Gasteiger partial charge in [0.15, 0.2) is 11.6 Å². The molecular weight excluding hydrogens is 337 g/mol. The highest BCUT2D eigenvalue weighted by molar-refractivity contribution is 5.47. The minimum Gasteiger partial charge on any atom is -0.458 e. The third-order valence-corrected chi connectivity index (χ3v) is 4.00. The number of halogens is 3. The van der Waals surface area contributed by atoms with E-state index in [1.54, 1.807) is 19.1 Å². The molecule has 1 aliphatic rings. The summed E-state index contributed by atoms with van der Waals surface area (Å²) in [6.07, 6.45) is -2.16. The molecule has 132 valence electrons. The molecule has 0 fully saturated rings. The van der Waals surface area contributed by atoms with E-state index >= 15 is 0 Å². The van der Waals surface area contributed by atoms with Crippen LogP contribution >= 0.6 is 0 Å². The Hall–Kier alpha value is -2.62. The molecule has 10 heteroatoms. The molecule has 3 aromatic rings. The summed E-state index contributed by atoms with van der Waals surface area (Å²) in [5.41, 5.74) is 1.53. The molecule has 0 saturated carbocycles. The van der Waals surface area contributed by atoms with Crippen molar-refractivity contribution in [2.75, 3.05) is 6.54 Å². The first-order valence-corrected chi connectivity index (χ1v) is 7.74. The molecule has 0 bridgehead atoms. The molecule has 4 rings (SSSR count). The normalized spacial score (nSPS) is 17.7. The van der Waals surface area contributed by atoms with Crippen LogP contribution in [-0.2, 0) is 13.0 Å². The maximum atomic E-state index is 13.0. The Labute approximate surface area is 140 Å². The van der Waals surface area contributed by atoms with Crippen molar-refractivity contribution < 1.29 is 17.6 Å². The van der Waals surface area contributed by atoms with Gasteiger partial charge in [-0.15, -0.1) is 5.10 Å². The number of hydrogen-bond acceptors (Lipinski definition) is 5. The molecule has 25 heavy (non-hydrogen) atoms. The van der Waals surface area contributed by atoms with Crippen molar-refractivity contribution in [3.05, 3.63) is 41.4 Å². The maximum Gasteiger partial charge on any atom is 0.408 e. The van der Waals surface area contributed by atoms with Crippen LogP contribution in [-0.4, -0.2) is 37.5 Å². The molecule has 1 aliphatic heterocycles. The van der Waals surface area contributed by atoms with Crippen molar-refractivity contribution in [2.24, 2.45) is 0 Å². The fraction of sp³-hybridized carbons (Fsp3) is 0.400. The summed E-state index contributed by atoms with van der Waals surface area (Å²) in [6.45, 7) is 1.12. The number of alkyl halides is 3. The van der Waals surface area contributed by atoms with Crippen LogP contribution in [0.5, 0.6) is 0 Å². The Morgan fingerprint density at radius 3 is 2.92 bits per heavy atom. The zero-order valence-corrected chi connectivity index (χ0v) is 13.3. The Bertz CT molecular complexity index is 893. The number of rotatable bonds is 3. The second-order valence-electron chi connectivity index (χ2n) is 5.88. The Morgan fingerprint density at radius 1 is 1.36 bits per heavy atom. The second-order valence-corrected chi connectivity index (χ2v) is 5.88. The van der Waals surface area contributed by atoms with Crippen molar-refractivity contribution in [2.45, 2.75) is 32.1 Å². The predicted octanol–water partition coefficient (Wildman–Crippen LogP) is 2.37. The van der Waals surface area contributed by atoms with Gasteiger partial charge in [-0.3, -0.25) is 0 Å². The maximum absolute atomic E-state index is 13.0. The molecule has 7 nitrogen and oxygen atoms in total. The van der Waals surface area contributed by atoms with Crippen molar-refractivity contribution >= 4 is 0 Å². The van der Waals surface area contributed by atoms with E-state index in [4.69, 9.17) is 4.42 Å². The Balaban J connectivity index is 1.79. The zero-order valence-electron chi connectivity index (χ0n) is 13.3. The van der Waals surface area contributed by atoms with Crippen molar-refractivity contribution in [3.63, 3.8) is 0 Å². The van der Waals surface area contributed by atoms with Crippen molar-refractivity contribution in [1.29, 1.82) is 0 Å². The summed E-state index contributed by atoms with van der Waals surface area (Å²) in [4.78, 5) is 11.6. The number of H-pyrrole nitrogens is 1. The molecule has 0 aliphatic carbocycles. The molecule has 0 saturated heterocycles. The number of hydrogen-bond donors (Lipinski definition) is 2. The van der Waals surface area contributed by atoms with E-state index in [-0.39, 0.29) is 11.6 Å². The van der Waals surface area contributed by atoms with Crippen molar-refractivity contribution in [3.8, 4) is 11.6 Å². The van der Waals surface area contributed by atoms with Crippen LogP contribution in [0.1, 0.15) is 29.0 Å². The molecule has 3 aromatic heterocycles. The molecule has 2 N–H and O–H groups in total. The molecule has 0 aromatic carbocycles. The van der Waals surface area contributed by atoms with E-state index in [0.29, 0.717) is 23.8 Å². The first-order valence-electron chi connectivity index (χ1n) is 7.74. The number of aryl methyl sites for hydroxylation is 1. The fourth-order valence-corrected chi connectivity index (χ4v) is 2.95. The van der Waals surface area contributed by atoms with Crippen LogP contribution < -0.4 is 5.32 Å². The van der Waals surface area contributed by atoms with Crippen LogP contribution in [0.2, 0.25) is 0 Å². The summed E-state index contributed by atoms with van der Waals surface area (Å²) in [7, 11) is 0. The molecule has 0 spiro atoms. The van der Waals surface area contributed by atoms with Gasteiger partial charge in [-0.05, 0) is 19.1 Å². The van der Waals surface area contributed by atoms with Gasteiger partial charge in [0.2, 0.25) is 5.82 Å². The first-order chi connectivity index (χ1) is 11.9. The van der Waals surface area contributed by atoms with E-state index in [1.165, 1.54) is 6.33 Å². The Morgan fingerprint density at radius 2 is 2.20 bits per heavy atom. The summed E-state index contributed by atoms with van der Waals surface area (Å²) >= 11 is 0. The van der Waals surface area contributed by atoms with Gasteiger partial charge >= 0.3 is 6.18 Å². The van der Waals surface area contributed by atoms with Crippen LogP contribution in [0.15, 0.2) is 22.9 Å². The fourth-order valence-electron chi connectivity index (χ4n) is 2.95. The highest BCUT2D eigenvalue weighted by Crippen LogP contribution is 2.29. The van der Waals surface area contributed by atoms with E-state index in [2.05, 4.69) is 25.4 Å². The van der Waals surface area contributed by atoms with Gasteiger partial charge in [0, 0.05) is 18.7 Å². The van der Waals surface area contributed by atoms with Gasteiger partial charge in [0.05, 0.1) is 12.0 Å².